The number of piperidine rings is 1. The van der Waals surface area contributed by atoms with Crippen molar-refractivity contribution in [2.75, 3.05) is 20.2 Å². The van der Waals surface area contributed by atoms with Gasteiger partial charge in [-0.2, -0.15) is 0 Å². The molecule has 2 saturated carbocycles. The molecule has 4 nitrogen and oxygen atoms in total. The predicted molar refractivity (Wildman–Crippen MR) is 95.9 cm³/mol. The molecule has 0 radical (unpaired) electrons. The van der Waals surface area contributed by atoms with E-state index in [0.29, 0.717) is 19.3 Å². The number of rotatable bonds is 3. The van der Waals surface area contributed by atoms with E-state index in [-0.39, 0.29) is 17.6 Å². The number of aliphatic hydroxyl groups is 2. The number of ether oxygens (including phenoxy) is 1. The molecule has 2 bridgehead atoms. The van der Waals surface area contributed by atoms with E-state index in [9.17, 15) is 10.2 Å². The normalized spacial score (nSPS) is 40.3. The summed E-state index contributed by atoms with van der Waals surface area (Å²) in [6.07, 6.45) is 6.33. The molecule has 0 aromatic heterocycles. The van der Waals surface area contributed by atoms with Gasteiger partial charge in [-0.05, 0) is 80.7 Å². The molecule has 5 rings (SSSR count). The fraction of sp³-hybridized carbons (Fsp3) is 0.714. The second-order valence-electron chi connectivity index (χ2n) is 8.83. The van der Waals surface area contributed by atoms with Crippen molar-refractivity contribution in [3.8, 4) is 5.75 Å². The Morgan fingerprint density at radius 2 is 2.08 bits per heavy atom. The lowest BCUT2D eigenvalue weighted by molar-refractivity contribution is -0.182. The van der Waals surface area contributed by atoms with Gasteiger partial charge in [0, 0.05) is 18.0 Å². The van der Waals surface area contributed by atoms with Gasteiger partial charge >= 0.3 is 0 Å². The van der Waals surface area contributed by atoms with Crippen molar-refractivity contribution in [3.05, 3.63) is 29.3 Å². The average molecular weight is 343 g/mol. The number of benzene rings is 1. The lowest BCUT2D eigenvalue weighted by atomic mass is 9.49. The minimum Gasteiger partial charge on any atom is -0.497 e. The molecule has 1 aliphatic heterocycles. The summed E-state index contributed by atoms with van der Waals surface area (Å²) in [5.41, 5.74) is 1.52. The van der Waals surface area contributed by atoms with E-state index < -0.39 is 5.60 Å². The first-order valence-electron chi connectivity index (χ1n) is 9.88. The first-order valence-corrected chi connectivity index (χ1v) is 9.88. The first kappa shape index (κ1) is 16.1. The van der Waals surface area contributed by atoms with Crippen LogP contribution in [0, 0.1) is 5.92 Å². The van der Waals surface area contributed by atoms with Crippen molar-refractivity contribution in [3.63, 3.8) is 0 Å². The molecule has 2 N–H and O–H groups in total. The molecule has 4 unspecified atom stereocenters. The van der Waals surface area contributed by atoms with Crippen molar-refractivity contribution in [2.24, 2.45) is 5.92 Å². The van der Waals surface area contributed by atoms with E-state index in [4.69, 9.17) is 4.74 Å². The molecule has 1 heterocycles. The van der Waals surface area contributed by atoms with Crippen molar-refractivity contribution in [2.45, 2.75) is 68.1 Å². The molecule has 3 fully saturated rings. The number of methoxy groups -OCH3 is 1. The molecule has 25 heavy (non-hydrogen) atoms. The Bertz CT molecular complexity index is 688. The highest BCUT2D eigenvalue weighted by atomic mass is 16.5. The molecule has 136 valence electrons. The molecule has 4 heteroatoms. The quantitative estimate of drug-likeness (QED) is 0.884. The van der Waals surface area contributed by atoms with Crippen molar-refractivity contribution in [1.82, 2.24) is 4.90 Å². The Morgan fingerprint density at radius 1 is 1.24 bits per heavy atom. The first-order chi connectivity index (χ1) is 12.1. The summed E-state index contributed by atoms with van der Waals surface area (Å²) in [4.78, 5) is 2.57. The van der Waals surface area contributed by atoms with E-state index >= 15 is 0 Å². The summed E-state index contributed by atoms with van der Waals surface area (Å²) < 4.78 is 5.48. The third-order valence-electron chi connectivity index (χ3n) is 7.52. The molecule has 4 aliphatic rings. The fourth-order valence-corrected chi connectivity index (χ4v) is 6.04. The fourth-order valence-electron chi connectivity index (χ4n) is 6.04. The zero-order valence-electron chi connectivity index (χ0n) is 15.1. The third-order valence-corrected chi connectivity index (χ3v) is 7.52. The van der Waals surface area contributed by atoms with Gasteiger partial charge in [-0.25, -0.2) is 0 Å². The Morgan fingerprint density at radius 3 is 2.84 bits per heavy atom. The molecule has 3 aliphatic carbocycles. The molecule has 1 aromatic rings. The summed E-state index contributed by atoms with van der Waals surface area (Å²) in [5, 5.41) is 22.5. The Hall–Kier alpha value is -1.10. The van der Waals surface area contributed by atoms with Gasteiger partial charge < -0.3 is 14.9 Å². The van der Waals surface area contributed by atoms with E-state index in [1.807, 2.05) is 6.07 Å². The lowest BCUT2D eigenvalue weighted by Gasteiger charge is -2.64. The van der Waals surface area contributed by atoms with Gasteiger partial charge in [-0.15, -0.1) is 0 Å². The molecular formula is C21H29NO3. The Balaban J connectivity index is 1.63. The van der Waals surface area contributed by atoms with Crippen LogP contribution >= 0.6 is 0 Å². The van der Waals surface area contributed by atoms with Gasteiger partial charge in [0.25, 0.3) is 0 Å². The minimum absolute atomic E-state index is 0.190. The van der Waals surface area contributed by atoms with Crippen LogP contribution < -0.4 is 4.74 Å². The van der Waals surface area contributed by atoms with E-state index in [1.54, 1.807) is 7.11 Å². The molecule has 1 aromatic carbocycles. The number of likely N-dealkylation sites (tertiary alicyclic amines) is 1. The highest BCUT2D eigenvalue weighted by molar-refractivity contribution is 5.48. The second-order valence-corrected chi connectivity index (χ2v) is 8.83. The Labute approximate surface area is 149 Å². The summed E-state index contributed by atoms with van der Waals surface area (Å²) >= 11 is 0. The molecular weight excluding hydrogens is 314 g/mol. The van der Waals surface area contributed by atoms with Crippen LogP contribution in [0.25, 0.3) is 0 Å². The van der Waals surface area contributed by atoms with Crippen LogP contribution in [-0.2, 0) is 11.8 Å². The zero-order valence-corrected chi connectivity index (χ0v) is 15.1. The highest BCUT2D eigenvalue weighted by Gasteiger charge is 2.64. The summed E-state index contributed by atoms with van der Waals surface area (Å²) in [6, 6.07) is 6.55. The maximum Gasteiger partial charge on any atom is 0.119 e. The van der Waals surface area contributed by atoms with Gasteiger partial charge in [-0.3, -0.25) is 4.90 Å². The highest BCUT2D eigenvalue weighted by Crippen LogP contribution is 2.58. The minimum atomic E-state index is -0.723. The van der Waals surface area contributed by atoms with Gasteiger partial charge in [0.05, 0.1) is 18.8 Å². The summed E-state index contributed by atoms with van der Waals surface area (Å²) in [6.45, 7) is 2.17. The number of hydrogen-bond donors (Lipinski definition) is 2. The zero-order chi connectivity index (χ0) is 17.2. The number of aliphatic hydroxyl groups excluding tert-OH is 1. The average Bonchev–Trinajstić information content (AvgIpc) is 3.42. The monoisotopic (exact) mass is 343 g/mol. The topological polar surface area (TPSA) is 52.9 Å². The maximum absolute atomic E-state index is 12.0. The van der Waals surface area contributed by atoms with Gasteiger partial charge in [-0.1, -0.05) is 6.07 Å². The van der Waals surface area contributed by atoms with Gasteiger partial charge in [0.1, 0.15) is 5.75 Å². The predicted octanol–water partition coefficient (Wildman–Crippen LogP) is 2.25. The van der Waals surface area contributed by atoms with Crippen LogP contribution in [0.2, 0.25) is 0 Å². The Kier molecular flexibility index (Phi) is 3.51. The number of fused-ring (bicyclic) bond motifs is 1. The maximum atomic E-state index is 12.0. The number of hydrogen-bond acceptors (Lipinski definition) is 4. The van der Waals surface area contributed by atoms with Crippen LogP contribution in [0.1, 0.15) is 49.7 Å². The number of nitrogens with zero attached hydrogens (tertiary/aromatic N) is 1. The smallest absolute Gasteiger partial charge is 0.119 e. The van der Waals surface area contributed by atoms with Crippen molar-refractivity contribution < 1.29 is 14.9 Å². The molecule has 1 saturated heterocycles. The third kappa shape index (κ3) is 2.23. The van der Waals surface area contributed by atoms with E-state index in [0.717, 1.165) is 37.6 Å². The molecule has 4 atom stereocenters. The van der Waals surface area contributed by atoms with E-state index in [1.165, 1.54) is 24.0 Å². The standard InChI is InChI=1S/C21H29NO3/c1-25-17-5-4-15-10-19-21(24)7-6-16(23)12-20(21,18(15)11-17)8-9-22(19)13-14-2-3-14/h4-5,11,14,16,19,23-24H,2-3,6-10,12-13H2,1H3. The van der Waals surface area contributed by atoms with Crippen LogP contribution in [-0.4, -0.2) is 53.1 Å². The lowest BCUT2D eigenvalue weighted by Crippen LogP contribution is -2.73. The van der Waals surface area contributed by atoms with Gasteiger partial charge in [0.2, 0.25) is 0 Å². The SMILES string of the molecule is COc1ccc2c(c1)C13CCN(CC4CC4)C(C2)C1(O)CCC(O)C3. The largest absolute Gasteiger partial charge is 0.497 e. The van der Waals surface area contributed by atoms with Crippen LogP contribution in [0.3, 0.4) is 0 Å². The second kappa shape index (κ2) is 5.45. The van der Waals surface area contributed by atoms with Gasteiger partial charge in [0.15, 0.2) is 0 Å². The molecule has 0 amide bonds. The summed E-state index contributed by atoms with van der Waals surface area (Å²) in [5.74, 6) is 1.69. The molecule has 0 spiro atoms. The van der Waals surface area contributed by atoms with Crippen LogP contribution in [0.15, 0.2) is 18.2 Å². The van der Waals surface area contributed by atoms with Crippen LogP contribution in [0.4, 0.5) is 0 Å². The van der Waals surface area contributed by atoms with Crippen LogP contribution in [0.5, 0.6) is 5.75 Å². The van der Waals surface area contributed by atoms with Crippen molar-refractivity contribution >= 4 is 0 Å². The van der Waals surface area contributed by atoms with Crippen molar-refractivity contribution in [1.29, 1.82) is 0 Å². The summed E-state index contributed by atoms with van der Waals surface area (Å²) in [7, 11) is 1.70. The van der Waals surface area contributed by atoms with E-state index in [2.05, 4.69) is 17.0 Å².